The summed E-state index contributed by atoms with van der Waals surface area (Å²) in [6.07, 6.45) is 0.807. The predicted molar refractivity (Wildman–Crippen MR) is 81.8 cm³/mol. The zero-order chi connectivity index (χ0) is 15.1. The van der Waals surface area contributed by atoms with E-state index in [1.165, 1.54) is 6.92 Å². The van der Waals surface area contributed by atoms with E-state index >= 15 is 0 Å². The van der Waals surface area contributed by atoms with E-state index in [1.54, 1.807) is 30.5 Å². The normalized spacial score (nSPS) is 12.0. The molecular weight excluding hydrogens is 268 g/mol. The number of para-hydroxylation sites is 1. The maximum Gasteiger partial charge on any atom is 0.344 e. The molecule has 108 valence electrons. The van der Waals surface area contributed by atoms with Crippen LogP contribution in [-0.4, -0.2) is 23.4 Å². The largest absolute Gasteiger partial charge is 0.479 e. The first-order chi connectivity index (χ1) is 10.1. The minimum Gasteiger partial charge on any atom is -0.479 e. The number of carboxylic acids is 1. The summed E-state index contributed by atoms with van der Waals surface area (Å²) in [4.78, 5) is 10.7. The van der Waals surface area contributed by atoms with Gasteiger partial charge in [-0.05, 0) is 48.9 Å². The first kappa shape index (κ1) is 14.6. The van der Waals surface area contributed by atoms with E-state index in [0.29, 0.717) is 5.75 Å². The molecule has 2 aromatic rings. The van der Waals surface area contributed by atoms with E-state index in [1.807, 2.05) is 30.3 Å². The Morgan fingerprint density at radius 2 is 1.86 bits per heavy atom. The Hall–Kier alpha value is -2.82. The van der Waals surface area contributed by atoms with Crippen LogP contribution < -0.4 is 10.2 Å². The van der Waals surface area contributed by atoms with Gasteiger partial charge in [-0.1, -0.05) is 18.2 Å². The topological polar surface area (TPSA) is 70.9 Å². The van der Waals surface area contributed by atoms with E-state index in [0.717, 1.165) is 11.3 Å². The summed E-state index contributed by atoms with van der Waals surface area (Å²) >= 11 is 0. The number of hydrazone groups is 1. The number of nitrogens with one attached hydrogen (secondary N) is 1. The van der Waals surface area contributed by atoms with Crippen molar-refractivity contribution in [3.05, 3.63) is 60.2 Å². The first-order valence-corrected chi connectivity index (χ1v) is 6.49. The molecule has 0 heterocycles. The Balaban J connectivity index is 1.91. The SMILES string of the molecule is C[C@@H](Oc1ccc(/C=N\Nc2ccccc2)cc1)C(=O)O. The second kappa shape index (κ2) is 7.09. The van der Waals surface area contributed by atoms with Crippen LogP contribution in [0.4, 0.5) is 5.69 Å². The molecule has 2 N–H and O–H groups in total. The molecule has 2 aromatic carbocycles. The van der Waals surface area contributed by atoms with Crippen molar-refractivity contribution in [2.24, 2.45) is 5.10 Å². The highest BCUT2D eigenvalue weighted by molar-refractivity contribution is 5.80. The van der Waals surface area contributed by atoms with Crippen molar-refractivity contribution in [2.45, 2.75) is 13.0 Å². The lowest BCUT2D eigenvalue weighted by Crippen LogP contribution is -2.22. The molecule has 0 saturated heterocycles. The molecule has 0 unspecified atom stereocenters. The molecule has 0 aromatic heterocycles. The second-order valence-corrected chi connectivity index (χ2v) is 4.40. The lowest BCUT2D eigenvalue weighted by Gasteiger charge is -2.09. The predicted octanol–water partition coefficient (Wildman–Crippen LogP) is 2.98. The van der Waals surface area contributed by atoms with Crippen LogP contribution in [0.15, 0.2) is 59.7 Å². The molecule has 1 atom stereocenters. The van der Waals surface area contributed by atoms with Gasteiger partial charge in [-0.2, -0.15) is 5.10 Å². The minimum absolute atomic E-state index is 0.512. The number of ether oxygens (including phenoxy) is 1. The molecule has 0 spiro atoms. The van der Waals surface area contributed by atoms with E-state index < -0.39 is 12.1 Å². The van der Waals surface area contributed by atoms with Gasteiger partial charge >= 0.3 is 5.97 Å². The van der Waals surface area contributed by atoms with Crippen molar-refractivity contribution in [2.75, 3.05) is 5.43 Å². The molecule has 0 amide bonds. The molecule has 0 aliphatic heterocycles. The van der Waals surface area contributed by atoms with Crippen molar-refractivity contribution in [1.29, 1.82) is 0 Å². The van der Waals surface area contributed by atoms with Gasteiger partial charge in [0.1, 0.15) is 5.75 Å². The molecule has 0 aliphatic rings. The fourth-order valence-electron chi connectivity index (χ4n) is 1.58. The van der Waals surface area contributed by atoms with Gasteiger partial charge in [0.15, 0.2) is 6.10 Å². The number of carboxylic acid groups (broad SMARTS) is 1. The molecule has 2 rings (SSSR count). The molecule has 0 saturated carbocycles. The fraction of sp³-hybridized carbons (Fsp3) is 0.125. The highest BCUT2D eigenvalue weighted by Crippen LogP contribution is 2.13. The standard InChI is InChI=1S/C16H16N2O3/c1-12(16(19)20)21-15-9-7-13(8-10-15)11-17-18-14-5-3-2-4-6-14/h2-12,18H,1H3,(H,19,20)/b17-11-/t12-/m1/s1. The third kappa shape index (κ3) is 4.65. The monoisotopic (exact) mass is 284 g/mol. The van der Waals surface area contributed by atoms with Crippen LogP contribution in [0.25, 0.3) is 0 Å². The van der Waals surface area contributed by atoms with Crippen molar-refractivity contribution in [3.8, 4) is 5.75 Å². The first-order valence-electron chi connectivity index (χ1n) is 6.49. The third-order valence-electron chi connectivity index (χ3n) is 2.72. The maximum atomic E-state index is 10.7. The van der Waals surface area contributed by atoms with E-state index in [-0.39, 0.29) is 0 Å². The highest BCUT2D eigenvalue weighted by atomic mass is 16.5. The van der Waals surface area contributed by atoms with Crippen LogP contribution in [0.5, 0.6) is 5.75 Å². The number of carbonyl (C=O) groups is 1. The van der Waals surface area contributed by atoms with Gasteiger partial charge in [-0.3, -0.25) is 5.43 Å². The number of hydrogen-bond donors (Lipinski definition) is 2. The number of rotatable bonds is 6. The number of anilines is 1. The molecule has 0 fully saturated rings. The van der Waals surface area contributed by atoms with Gasteiger partial charge in [0.2, 0.25) is 0 Å². The molecular formula is C16H16N2O3. The van der Waals surface area contributed by atoms with Gasteiger partial charge in [0.25, 0.3) is 0 Å². The van der Waals surface area contributed by atoms with Gasteiger partial charge in [0.05, 0.1) is 11.9 Å². The van der Waals surface area contributed by atoms with Crippen LogP contribution in [0, 0.1) is 0 Å². The van der Waals surface area contributed by atoms with E-state index in [2.05, 4.69) is 10.5 Å². The highest BCUT2D eigenvalue weighted by Gasteiger charge is 2.11. The number of hydrogen-bond acceptors (Lipinski definition) is 4. The molecule has 0 aliphatic carbocycles. The Labute approximate surface area is 122 Å². The summed E-state index contributed by atoms with van der Waals surface area (Å²) in [5, 5.41) is 12.9. The molecule has 5 heteroatoms. The van der Waals surface area contributed by atoms with Crippen molar-refractivity contribution >= 4 is 17.9 Å². The zero-order valence-corrected chi connectivity index (χ0v) is 11.6. The Morgan fingerprint density at radius 3 is 2.48 bits per heavy atom. The average molecular weight is 284 g/mol. The van der Waals surface area contributed by atoms with Gasteiger partial charge < -0.3 is 9.84 Å². The number of nitrogens with zero attached hydrogens (tertiary/aromatic N) is 1. The Kier molecular flexibility index (Phi) is 4.93. The number of aliphatic carboxylic acids is 1. The van der Waals surface area contributed by atoms with E-state index in [4.69, 9.17) is 9.84 Å². The second-order valence-electron chi connectivity index (χ2n) is 4.40. The van der Waals surface area contributed by atoms with Crippen molar-refractivity contribution in [1.82, 2.24) is 0 Å². The van der Waals surface area contributed by atoms with Crippen molar-refractivity contribution in [3.63, 3.8) is 0 Å². The minimum atomic E-state index is -0.993. The fourth-order valence-corrected chi connectivity index (χ4v) is 1.58. The zero-order valence-electron chi connectivity index (χ0n) is 11.6. The van der Waals surface area contributed by atoms with Crippen LogP contribution in [-0.2, 0) is 4.79 Å². The van der Waals surface area contributed by atoms with E-state index in [9.17, 15) is 4.79 Å². The van der Waals surface area contributed by atoms with Gasteiger partial charge in [0, 0.05) is 0 Å². The average Bonchev–Trinajstić information content (AvgIpc) is 2.50. The lowest BCUT2D eigenvalue weighted by molar-refractivity contribution is -0.144. The number of benzene rings is 2. The Bertz CT molecular complexity index is 609. The van der Waals surface area contributed by atoms with Gasteiger partial charge in [-0.15, -0.1) is 0 Å². The maximum absolute atomic E-state index is 10.7. The summed E-state index contributed by atoms with van der Waals surface area (Å²) in [6, 6.07) is 16.7. The molecule has 0 radical (unpaired) electrons. The third-order valence-corrected chi connectivity index (χ3v) is 2.72. The summed E-state index contributed by atoms with van der Waals surface area (Å²) in [5.74, 6) is -0.481. The quantitative estimate of drug-likeness (QED) is 0.632. The molecule has 0 bridgehead atoms. The Morgan fingerprint density at radius 1 is 1.19 bits per heavy atom. The summed E-state index contributed by atoms with van der Waals surface area (Å²) in [6.45, 7) is 1.49. The molecule has 21 heavy (non-hydrogen) atoms. The summed E-state index contributed by atoms with van der Waals surface area (Å²) in [7, 11) is 0. The van der Waals surface area contributed by atoms with Crippen molar-refractivity contribution < 1.29 is 14.6 Å². The summed E-state index contributed by atoms with van der Waals surface area (Å²) < 4.78 is 5.24. The van der Waals surface area contributed by atoms with Crippen LogP contribution in [0.1, 0.15) is 12.5 Å². The van der Waals surface area contributed by atoms with Crippen LogP contribution in [0.3, 0.4) is 0 Å². The molecule has 5 nitrogen and oxygen atoms in total. The lowest BCUT2D eigenvalue weighted by atomic mass is 10.2. The summed E-state index contributed by atoms with van der Waals surface area (Å²) in [5.41, 5.74) is 4.70. The van der Waals surface area contributed by atoms with Gasteiger partial charge in [-0.25, -0.2) is 4.79 Å². The van der Waals surface area contributed by atoms with Crippen LogP contribution in [0.2, 0.25) is 0 Å². The smallest absolute Gasteiger partial charge is 0.344 e. The van der Waals surface area contributed by atoms with Crippen LogP contribution >= 0.6 is 0 Å².